The van der Waals surface area contributed by atoms with E-state index in [0.29, 0.717) is 12.1 Å². The first-order valence-electron chi connectivity index (χ1n) is 4.41. The Morgan fingerprint density at radius 1 is 1.60 bits per heavy atom. The highest BCUT2D eigenvalue weighted by Crippen LogP contribution is 2.19. The van der Waals surface area contributed by atoms with Crippen molar-refractivity contribution in [3.8, 4) is 12.3 Å². The summed E-state index contributed by atoms with van der Waals surface area (Å²) in [7, 11) is 0. The lowest BCUT2D eigenvalue weighted by Gasteiger charge is -2.15. The summed E-state index contributed by atoms with van der Waals surface area (Å²) in [5.74, 6) is 1.88. The third-order valence-corrected chi connectivity index (χ3v) is 2.29. The largest absolute Gasteiger partial charge is 0.394 e. The number of rotatable bonds is 4. The number of hydrogen-bond donors (Lipinski definition) is 2. The Morgan fingerprint density at radius 2 is 2.33 bits per heavy atom. The molecule has 1 aromatic rings. The van der Waals surface area contributed by atoms with Gasteiger partial charge >= 0.3 is 0 Å². The fourth-order valence-electron chi connectivity index (χ4n) is 1.20. The molecule has 0 fully saturated rings. The molecule has 4 heteroatoms. The van der Waals surface area contributed by atoms with Crippen molar-refractivity contribution in [1.29, 1.82) is 0 Å². The Bertz CT molecular complexity index is 375. The molecule has 0 bridgehead atoms. The van der Waals surface area contributed by atoms with Crippen molar-refractivity contribution in [2.45, 2.75) is 6.04 Å². The van der Waals surface area contributed by atoms with Gasteiger partial charge in [-0.2, -0.15) is 0 Å². The highest BCUT2D eigenvalue weighted by Gasteiger charge is 2.10. The zero-order valence-electron chi connectivity index (χ0n) is 8.00. The van der Waals surface area contributed by atoms with Crippen LogP contribution in [0.15, 0.2) is 18.2 Å². The maximum absolute atomic E-state index is 13.1. The number of hydrogen-bond acceptors (Lipinski definition) is 2. The zero-order valence-corrected chi connectivity index (χ0v) is 8.76. The number of aliphatic hydroxyl groups is 1. The van der Waals surface area contributed by atoms with Crippen LogP contribution in [0.25, 0.3) is 0 Å². The van der Waals surface area contributed by atoms with E-state index in [1.807, 2.05) is 0 Å². The number of halogens is 2. The third-order valence-electron chi connectivity index (χ3n) is 1.98. The van der Waals surface area contributed by atoms with Crippen molar-refractivity contribution in [3.63, 3.8) is 0 Å². The smallest absolute Gasteiger partial charge is 0.142 e. The lowest BCUT2D eigenvalue weighted by atomic mass is 10.1. The van der Waals surface area contributed by atoms with Gasteiger partial charge in [-0.05, 0) is 17.7 Å². The van der Waals surface area contributed by atoms with Gasteiger partial charge in [-0.1, -0.05) is 23.6 Å². The van der Waals surface area contributed by atoms with Gasteiger partial charge in [-0.15, -0.1) is 6.42 Å². The van der Waals surface area contributed by atoms with Crippen molar-refractivity contribution in [2.75, 3.05) is 13.2 Å². The number of terminal acetylenes is 1. The minimum Gasteiger partial charge on any atom is -0.394 e. The van der Waals surface area contributed by atoms with E-state index in [-0.39, 0.29) is 17.7 Å². The molecule has 0 aliphatic heterocycles. The lowest BCUT2D eigenvalue weighted by Crippen LogP contribution is -2.24. The van der Waals surface area contributed by atoms with Gasteiger partial charge in [0.15, 0.2) is 0 Å². The van der Waals surface area contributed by atoms with Crippen molar-refractivity contribution in [3.05, 3.63) is 34.6 Å². The van der Waals surface area contributed by atoms with Gasteiger partial charge in [-0.25, -0.2) is 4.39 Å². The standard InChI is InChI=1S/C11H11ClFNO/c1-2-5-14-11(7-15)8-3-4-9(12)10(13)6-8/h1,3-4,6,11,14-15H,5,7H2/t11-/m1/s1. The van der Waals surface area contributed by atoms with E-state index in [0.717, 1.165) is 0 Å². The van der Waals surface area contributed by atoms with Crippen LogP contribution in [0.1, 0.15) is 11.6 Å². The summed E-state index contributed by atoms with van der Waals surface area (Å²) in [6.45, 7) is 0.165. The van der Waals surface area contributed by atoms with E-state index >= 15 is 0 Å². The van der Waals surface area contributed by atoms with Gasteiger partial charge in [0.1, 0.15) is 5.82 Å². The van der Waals surface area contributed by atoms with Crippen LogP contribution in [0.4, 0.5) is 4.39 Å². The van der Waals surface area contributed by atoms with E-state index < -0.39 is 5.82 Å². The Labute approximate surface area is 93.1 Å². The minimum absolute atomic E-state index is 0.0624. The van der Waals surface area contributed by atoms with Gasteiger partial charge in [0.25, 0.3) is 0 Å². The highest BCUT2D eigenvalue weighted by molar-refractivity contribution is 6.30. The third kappa shape index (κ3) is 3.21. The Hall–Kier alpha value is -1.08. The van der Waals surface area contributed by atoms with Crippen LogP contribution >= 0.6 is 11.6 Å². The normalized spacial score (nSPS) is 12.1. The second-order valence-electron chi connectivity index (χ2n) is 2.99. The zero-order chi connectivity index (χ0) is 11.3. The summed E-state index contributed by atoms with van der Waals surface area (Å²) in [6.07, 6.45) is 5.07. The number of benzene rings is 1. The molecule has 80 valence electrons. The highest BCUT2D eigenvalue weighted by atomic mass is 35.5. The monoisotopic (exact) mass is 227 g/mol. The molecule has 1 atom stereocenters. The summed E-state index contributed by atoms with van der Waals surface area (Å²) in [6, 6.07) is 4.02. The van der Waals surface area contributed by atoms with E-state index in [2.05, 4.69) is 11.2 Å². The molecule has 2 N–H and O–H groups in total. The van der Waals surface area contributed by atoms with Gasteiger partial charge < -0.3 is 5.11 Å². The molecule has 15 heavy (non-hydrogen) atoms. The predicted octanol–water partition coefficient (Wildman–Crippen LogP) is 1.74. The van der Waals surface area contributed by atoms with Gasteiger partial charge in [-0.3, -0.25) is 5.32 Å². The molecule has 0 aromatic heterocycles. The molecule has 0 unspecified atom stereocenters. The predicted molar refractivity (Wildman–Crippen MR) is 58.1 cm³/mol. The van der Waals surface area contributed by atoms with Crippen molar-refractivity contribution in [1.82, 2.24) is 5.32 Å². The van der Waals surface area contributed by atoms with Gasteiger partial charge in [0, 0.05) is 0 Å². The van der Waals surface area contributed by atoms with Crippen LogP contribution in [0.2, 0.25) is 5.02 Å². The second kappa shape index (κ2) is 5.72. The van der Waals surface area contributed by atoms with Crippen LogP contribution in [-0.2, 0) is 0 Å². The second-order valence-corrected chi connectivity index (χ2v) is 3.40. The average Bonchev–Trinajstić information content (AvgIpc) is 2.24. The molecule has 0 spiro atoms. The molecule has 1 aromatic carbocycles. The van der Waals surface area contributed by atoms with Crippen LogP contribution in [0.5, 0.6) is 0 Å². The Morgan fingerprint density at radius 3 is 2.87 bits per heavy atom. The fraction of sp³-hybridized carbons (Fsp3) is 0.273. The van der Waals surface area contributed by atoms with Crippen LogP contribution in [0, 0.1) is 18.2 Å². The minimum atomic E-state index is -0.505. The maximum Gasteiger partial charge on any atom is 0.142 e. The van der Waals surface area contributed by atoms with Crippen molar-refractivity contribution >= 4 is 11.6 Å². The van der Waals surface area contributed by atoms with Crippen molar-refractivity contribution < 1.29 is 9.50 Å². The van der Waals surface area contributed by atoms with E-state index in [9.17, 15) is 4.39 Å². The SMILES string of the molecule is C#CCN[C@H](CO)c1ccc(Cl)c(F)c1. The molecular formula is C11H11ClFNO. The molecule has 0 saturated heterocycles. The molecule has 0 radical (unpaired) electrons. The Kier molecular flexibility index (Phi) is 4.57. The van der Waals surface area contributed by atoms with Gasteiger partial charge in [0.05, 0.1) is 24.2 Å². The Balaban J connectivity index is 2.83. The number of nitrogens with one attached hydrogen (secondary N) is 1. The average molecular weight is 228 g/mol. The topological polar surface area (TPSA) is 32.3 Å². The molecule has 2 nitrogen and oxygen atoms in total. The first-order valence-corrected chi connectivity index (χ1v) is 4.79. The van der Waals surface area contributed by atoms with Gasteiger partial charge in [0.2, 0.25) is 0 Å². The summed E-state index contributed by atoms with van der Waals surface area (Å²) in [5, 5.41) is 12.0. The fourth-order valence-corrected chi connectivity index (χ4v) is 1.32. The summed E-state index contributed by atoms with van der Waals surface area (Å²) in [4.78, 5) is 0. The van der Waals surface area contributed by atoms with Crippen molar-refractivity contribution in [2.24, 2.45) is 0 Å². The van der Waals surface area contributed by atoms with E-state index in [4.69, 9.17) is 23.1 Å². The van der Waals surface area contributed by atoms with E-state index in [1.165, 1.54) is 12.1 Å². The summed E-state index contributed by atoms with van der Waals surface area (Å²) >= 11 is 5.54. The first kappa shape index (κ1) is 12.0. The maximum atomic E-state index is 13.1. The molecule has 0 aliphatic rings. The molecule has 0 aliphatic carbocycles. The molecule has 0 saturated carbocycles. The summed E-state index contributed by atoms with van der Waals surface area (Å²) < 4.78 is 13.1. The molecule has 0 heterocycles. The lowest BCUT2D eigenvalue weighted by molar-refractivity contribution is 0.248. The quantitative estimate of drug-likeness (QED) is 0.768. The molecular weight excluding hydrogens is 217 g/mol. The van der Waals surface area contributed by atoms with Crippen LogP contribution in [-0.4, -0.2) is 18.3 Å². The number of aliphatic hydroxyl groups excluding tert-OH is 1. The molecule has 1 rings (SSSR count). The summed E-state index contributed by atoms with van der Waals surface area (Å²) in [5.41, 5.74) is 0.620. The van der Waals surface area contributed by atoms with Crippen LogP contribution in [0.3, 0.4) is 0 Å². The molecule has 0 amide bonds. The first-order chi connectivity index (χ1) is 7.19. The van der Waals surface area contributed by atoms with E-state index in [1.54, 1.807) is 6.07 Å². The van der Waals surface area contributed by atoms with Crippen LogP contribution < -0.4 is 5.32 Å².